The molecule has 0 radical (unpaired) electrons. The van der Waals surface area contributed by atoms with E-state index in [1.54, 1.807) is 0 Å². The van der Waals surface area contributed by atoms with Gasteiger partial charge in [0.2, 0.25) is 0 Å². The number of benzene rings is 8. The number of nitrogens with zero attached hydrogens (tertiary/aromatic N) is 4. The molecule has 0 aliphatic carbocycles. The lowest BCUT2D eigenvalue weighted by Crippen LogP contribution is -2.01. The topological polar surface area (TPSA) is 56.7 Å². The second-order valence-electron chi connectivity index (χ2n) is 14.1. The van der Waals surface area contributed by atoms with Gasteiger partial charge in [-0.15, -0.1) is 0 Å². The molecular formula is C51H32N4O. The molecule has 56 heavy (non-hydrogen) atoms. The summed E-state index contributed by atoms with van der Waals surface area (Å²) in [5.74, 6) is 1.87. The number of aromatic nitrogens is 4. The minimum atomic E-state index is 0.610. The Morgan fingerprint density at radius 1 is 0.304 bits per heavy atom. The summed E-state index contributed by atoms with van der Waals surface area (Å²) in [6.45, 7) is 0. The first-order chi connectivity index (χ1) is 27.7. The van der Waals surface area contributed by atoms with E-state index in [2.05, 4.69) is 126 Å². The van der Waals surface area contributed by atoms with E-state index in [1.165, 1.54) is 16.5 Å². The highest BCUT2D eigenvalue weighted by Gasteiger charge is 2.19. The Morgan fingerprint density at radius 2 is 0.839 bits per heavy atom. The predicted molar refractivity (Wildman–Crippen MR) is 229 cm³/mol. The Labute approximate surface area is 322 Å². The summed E-state index contributed by atoms with van der Waals surface area (Å²) in [5.41, 5.74) is 12.3. The number of furan rings is 1. The van der Waals surface area contributed by atoms with Crippen LogP contribution >= 0.6 is 0 Å². The van der Waals surface area contributed by atoms with E-state index in [-0.39, 0.29) is 0 Å². The number of para-hydroxylation sites is 1. The van der Waals surface area contributed by atoms with Crippen molar-refractivity contribution in [2.75, 3.05) is 0 Å². The highest BCUT2D eigenvalue weighted by Crippen LogP contribution is 2.40. The maximum Gasteiger partial charge on any atom is 0.164 e. The van der Waals surface area contributed by atoms with E-state index in [9.17, 15) is 0 Å². The van der Waals surface area contributed by atoms with Gasteiger partial charge in [-0.2, -0.15) is 0 Å². The monoisotopic (exact) mass is 716 g/mol. The van der Waals surface area contributed by atoms with Gasteiger partial charge in [0.1, 0.15) is 11.2 Å². The Kier molecular flexibility index (Phi) is 7.42. The van der Waals surface area contributed by atoms with Crippen LogP contribution in [0.2, 0.25) is 0 Å². The smallest absolute Gasteiger partial charge is 0.164 e. The summed E-state index contributed by atoms with van der Waals surface area (Å²) in [6, 6.07) is 67.6. The fourth-order valence-corrected chi connectivity index (χ4v) is 7.92. The van der Waals surface area contributed by atoms with Crippen LogP contribution in [-0.2, 0) is 0 Å². The van der Waals surface area contributed by atoms with Crippen LogP contribution in [0, 0.1) is 0 Å². The van der Waals surface area contributed by atoms with Crippen molar-refractivity contribution < 1.29 is 4.42 Å². The van der Waals surface area contributed by atoms with Crippen LogP contribution in [0.15, 0.2) is 199 Å². The molecule has 11 aromatic rings. The first-order valence-electron chi connectivity index (χ1n) is 18.8. The van der Waals surface area contributed by atoms with Crippen molar-refractivity contribution in [3.63, 3.8) is 0 Å². The zero-order valence-electron chi connectivity index (χ0n) is 30.2. The lowest BCUT2D eigenvalue weighted by Gasteiger charge is -2.12. The Balaban J connectivity index is 1.13. The molecule has 5 heteroatoms. The molecule has 0 fully saturated rings. The normalized spacial score (nSPS) is 11.6. The molecule has 0 aliphatic rings. The second kappa shape index (κ2) is 13.0. The number of hydrogen-bond donors (Lipinski definition) is 0. The summed E-state index contributed by atoms with van der Waals surface area (Å²) in [5, 5.41) is 4.54. The molecule has 3 heterocycles. The molecule has 3 aromatic heterocycles. The first kappa shape index (κ1) is 31.9. The maximum absolute atomic E-state index is 6.46. The van der Waals surface area contributed by atoms with Gasteiger partial charge in [-0.25, -0.2) is 15.0 Å². The van der Waals surface area contributed by atoms with Crippen molar-refractivity contribution in [2.24, 2.45) is 0 Å². The van der Waals surface area contributed by atoms with Crippen LogP contribution in [0.5, 0.6) is 0 Å². The lowest BCUT2D eigenvalue weighted by molar-refractivity contribution is 0.669. The van der Waals surface area contributed by atoms with Gasteiger partial charge in [0, 0.05) is 50.0 Å². The lowest BCUT2D eigenvalue weighted by atomic mass is 9.98. The molecule has 0 N–H and O–H groups in total. The van der Waals surface area contributed by atoms with E-state index in [0.717, 1.165) is 71.9 Å². The summed E-state index contributed by atoms with van der Waals surface area (Å²) >= 11 is 0. The van der Waals surface area contributed by atoms with Crippen LogP contribution < -0.4 is 0 Å². The van der Waals surface area contributed by atoms with Gasteiger partial charge in [0.05, 0.1) is 11.0 Å². The van der Waals surface area contributed by atoms with E-state index >= 15 is 0 Å². The first-order valence-corrected chi connectivity index (χ1v) is 18.8. The summed E-state index contributed by atoms with van der Waals surface area (Å²) in [7, 11) is 0. The average molecular weight is 717 g/mol. The molecule has 0 atom stereocenters. The molecule has 0 unspecified atom stereocenters. The maximum atomic E-state index is 6.46. The molecule has 0 bridgehead atoms. The minimum absolute atomic E-state index is 0.610. The van der Waals surface area contributed by atoms with Gasteiger partial charge >= 0.3 is 0 Å². The van der Waals surface area contributed by atoms with Gasteiger partial charge in [0.25, 0.3) is 0 Å². The molecule has 5 nitrogen and oxygen atoms in total. The number of rotatable bonds is 6. The zero-order chi connectivity index (χ0) is 37.0. The fraction of sp³-hybridized carbons (Fsp3) is 0. The van der Waals surface area contributed by atoms with Crippen molar-refractivity contribution in [1.82, 2.24) is 19.5 Å². The summed E-state index contributed by atoms with van der Waals surface area (Å²) < 4.78 is 8.81. The molecule has 0 saturated carbocycles. The Morgan fingerprint density at radius 3 is 1.55 bits per heavy atom. The van der Waals surface area contributed by atoms with E-state index in [1.807, 2.05) is 72.8 Å². The molecule has 0 saturated heterocycles. The molecule has 11 rings (SSSR count). The third-order valence-corrected chi connectivity index (χ3v) is 10.6. The van der Waals surface area contributed by atoms with Crippen LogP contribution in [-0.4, -0.2) is 19.5 Å². The molecule has 0 spiro atoms. The zero-order valence-corrected chi connectivity index (χ0v) is 30.2. The SMILES string of the molecule is c1ccc(-c2cccc(-c3ccc4c5cc6c(cc5n(-c5cccc(-c7nc(-c8ccccc8)nc(-c8ccccc8)n7)c5)c4c3)oc3ccccc36)c2)cc1. The standard InChI is InChI=1S/C51H32N4O/c1-4-14-33(15-5-1)36-20-12-21-37(28-36)38-26-27-41-43-31-44-42-24-10-11-25-47(42)56-48(44)32-46(43)55(45(41)30-38)40-23-13-22-39(29-40)51-53-49(34-16-6-2-7-17-34)52-50(54-51)35-18-8-3-9-19-35/h1-32H. The fourth-order valence-electron chi connectivity index (χ4n) is 7.92. The van der Waals surface area contributed by atoms with Crippen molar-refractivity contribution >= 4 is 43.7 Å². The summed E-state index contributed by atoms with van der Waals surface area (Å²) in [6.07, 6.45) is 0. The molecule has 262 valence electrons. The highest BCUT2D eigenvalue weighted by molar-refractivity contribution is 6.17. The van der Waals surface area contributed by atoms with Gasteiger partial charge in [-0.3, -0.25) is 0 Å². The second-order valence-corrected chi connectivity index (χ2v) is 14.1. The van der Waals surface area contributed by atoms with Gasteiger partial charge in [0.15, 0.2) is 17.5 Å². The van der Waals surface area contributed by atoms with Gasteiger partial charge in [-0.05, 0) is 58.7 Å². The van der Waals surface area contributed by atoms with Crippen molar-refractivity contribution in [3.05, 3.63) is 194 Å². The Bertz CT molecular complexity index is 3180. The third kappa shape index (κ3) is 5.45. The third-order valence-electron chi connectivity index (χ3n) is 10.6. The molecular weight excluding hydrogens is 685 g/mol. The largest absolute Gasteiger partial charge is 0.456 e. The van der Waals surface area contributed by atoms with Crippen molar-refractivity contribution in [3.8, 4) is 62.1 Å². The average Bonchev–Trinajstić information content (AvgIpc) is 3.80. The van der Waals surface area contributed by atoms with Crippen LogP contribution in [0.4, 0.5) is 0 Å². The van der Waals surface area contributed by atoms with Crippen LogP contribution in [0.1, 0.15) is 0 Å². The minimum Gasteiger partial charge on any atom is -0.456 e. The van der Waals surface area contributed by atoms with E-state index in [4.69, 9.17) is 19.4 Å². The van der Waals surface area contributed by atoms with Crippen molar-refractivity contribution in [1.29, 1.82) is 0 Å². The van der Waals surface area contributed by atoms with Gasteiger partial charge < -0.3 is 8.98 Å². The molecule has 0 amide bonds. The highest BCUT2D eigenvalue weighted by atomic mass is 16.3. The number of hydrogen-bond acceptors (Lipinski definition) is 4. The molecule has 0 aliphatic heterocycles. The van der Waals surface area contributed by atoms with E-state index < -0.39 is 0 Å². The number of fused-ring (bicyclic) bond motifs is 6. The molecule has 8 aromatic carbocycles. The predicted octanol–water partition coefficient (Wildman–Crippen LogP) is 13.2. The quantitative estimate of drug-likeness (QED) is 0.172. The van der Waals surface area contributed by atoms with Crippen LogP contribution in [0.3, 0.4) is 0 Å². The van der Waals surface area contributed by atoms with Gasteiger partial charge in [-0.1, -0.05) is 152 Å². The summed E-state index contributed by atoms with van der Waals surface area (Å²) in [4.78, 5) is 15.0. The van der Waals surface area contributed by atoms with Crippen LogP contribution in [0.25, 0.3) is 106 Å². The van der Waals surface area contributed by atoms with E-state index in [0.29, 0.717) is 17.5 Å². The Hall–Kier alpha value is -7.63. The van der Waals surface area contributed by atoms with Crippen molar-refractivity contribution in [2.45, 2.75) is 0 Å².